The van der Waals surface area contributed by atoms with Crippen molar-refractivity contribution in [3.63, 3.8) is 0 Å². The Morgan fingerprint density at radius 1 is 0.903 bits per heavy atom. The lowest BCUT2D eigenvalue weighted by molar-refractivity contribution is 0.477. The van der Waals surface area contributed by atoms with Crippen molar-refractivity contribution >= 4 is 20.0 Å². The number of hydrogen-bond acceptors (Lipinski definition) is 5. The molecule has 164 valence electrons. The molecule has 0 spiro atoms. The van der Waals surface area contributed by atoms with Crippen LogP contribution in [-0.2, 0) is 33.1 Å². The summed E-state index contributed by atoms with van der Waals surface area (Å²) in [5, 5.41) is 0. The third-order valence-corrected chi connectivity index (χ3v) is 8.55. The third-order valence-electron chi connectivity index (χ3n) is 5.22. The van der Waals surface area contributed by atoms with Gasteiger partial charge in [-0.05, 0) is 48.2 Å². The highest BCUT2D eigenvalue weighted by molar-refractivity contribution is 7.89. The van der Waals surface area contributed by atoms with Gasteiger partial charge in [-0.3, -0.25) is 0 Å². The van der Waals surface area contributed by atoms with Gasteiger partial charge in [0.25, 0.3) is 0 Å². The van der Waals surface area contributed by atoms with Crippen molar-refractivity contribution in [2.75, 3.05) is 13.1 Å². The fourth-order valence-corrected chi connectivity index (χ4v) is 6.09. The molecule has 31 heavy (non-hydrogen) atoms. The summed E-state index contributed by atoms with van der Waals surface area (Å²) in [5.41, 5.74) is 1.86. The van der Waals surface area contributed by atoms with E-state index in [0.717, 1.165) is 24.0 Å². The number of nitrogens with one attached hydrogen (secondary N) is 1. The first-order valence-corrected chi connectivity index (χ1v) is 12.9. The largest absolute Gasteiger partial charge is 0.333 e. The smallest absolute Gasteiger partial charge is 0.243 e. The standard InChI is InChI=1S/C21H24N4O4S2/c26-30(27,20-6-8-21(9-7-20)31(28,29)25-11-1-2-12-25)23-15-18-4-3-5-19(14-18)16-24-13-10-22-17-24/h3-10,13-14,17,23H,1-2,11-12,15-16H2. The molecule has 10 heteroatoms. The number of hydrogen-bond donors (Lipinski definition) is 1. The second-order valence-corrected chi connectivity index (χ2v) is 11.2. The average molecular weight is 461 g/mol. The average Bonchev–Trinajstić information content (AvgIpc) is 3.47. The Morgan fingerprint density at radius 3 is 2.26 bits per heavy atom. The highest BCUT2D eigenvalue weighted by Crippen LogP contribution is 2.22. The molecule has 2 heterocycles. The van der Waals surface area contributed by atoms with Crippen molar-refractivity contribution in [2.45, 2.75) is 35.7 Å². The second-order valence-electron chi connectivity index (χ2n) is 7.46. The molecule has 8 nitrogen and oxygen atoms in total. The summed E-state index contributed by atoms with van der Waals surface area (Å²) in [6.45, 7) is 1.79. The molecule has 0 amide bonds. The Bertz CT molecular complexity index is 1230. The van der Waals surface area contributed by atoms with Crippen LogP contribution in [0.5, 0.6) is 0 Å². The van der Waals surface area contributed by atoms with Crippen LogP contribution in [0.1, 0.15) is 24.0 Å². The number of rotatable bonds is 8. The van der Waals surface area contributed by atoms with Crippen LogP contribution in [-0.4, -0.2) is 43.8 Å². The predicted octanol–water partition coefficient (Wildman–Crippen LogP) is 2.19. The Kier molecular flexibility index (Phi) is 6.24. The molecule has 0 bridgehead atoms. The van der Waals surface area contributed by atoms with Crippen LogP contribution >= 0.6 is 0 Å². The molecule has 1 aliphatic heterocycles. The summed E-state index contributed by atoms with van der Waals surface area (Å²) in [6, 6.07) is 13.0. The first-order valence-electron chi connectivity index (χ1n) is 9.98. The summed E-state index contributed by atoms with van der Waals surface area (Å²) in [6.07, 6.45) is 6.99. The minimum atomic E-state index is -3.78. The molecule has 0 radical (unpaired) electrons. The van der Waals surface area contributed by atoms with E-state index in [9.17, 15) is 16.8 Å². The maximum atomic E-state index is 12.7. The Labute approximate surface area is 182 Å². The monoisotopic (exact) mass is 460 g/mol. The summed E-state index contributed by atoms with van der Waals surface area (Å²) >= 11 is 0. The maximum Gasteiger partial charge on any atom is 0.243 e. The van der Waals surface area contributed by atoms with Gasteiger partial charge in [-0.1, -0.05) is 24.3 Å². The van der Waals surface area contributed by atoms with Crippen molar-refractivity contribution < 1.29 is 16.8 Å². The van der Waals surface area contributed by atoms with Crippen molar-refractivity contribution in [1.29, 1.82) is 0 Å². The van der Waals surface area contributed by atoms with Gasteiger partial charge < -0.3 is 4.57 Å². The molecule has 1 saturated heterocycles. The molecule has 4 rings (SSSR count). The van der Waals surface area contributed by atoms with Gasteiger partial charge in [-0.25, -0.2) is 26.5 Å². The molecule has 1 aliphatic rings. The van der Waals surface area contributed by atoms with E-state index >= 15 is 0 Å². The molecular formula is C21H24N4O4S2. The van der Waals surface area contributed by atoms with Gasteiger partial charge in [0.15, 0.2) is 0 Å². The first-order chi connectivity index (χ1) is 14.8. The van der Waals surface area contributed by atoms with Crippen molar-refractivity contribution in [3.05, 3.63) is 78.4 Å². The molecule has 1 aromatic heterocycles. The van der Waals surface area contributed by atoms with Gasteiger partial charge in [0, 0.05) is 38.6 Å². The van der Waals surface area contributed by atoms with Gasteiger partial charge in [-0.15, -0.1) is 0 Å². The van der Waals surface area contributed by atoms with Gasteiger partial charge in [-0.2, -0.15) is 4.31 Å². The SMILES string of the molecule is O=S(=O)(NCc1cccc(Cn2ccnc2)c1)c1ccc(S(=O)(=O)N2CCCC2)cc1. The number of sulfonamides is 2. The lowest BCUT2D eigenvalue weighted by Crippen LogP contribution is -2.28. The van der Waals surface area contributed by atoms with Crippen LogP contribution in [0.2, 0.25) is 0 Å². The van der Waals surface area contributed by atoms with Gasteiger partial charge >= 0.3 is 0 Å². The number of imidazole rings is 1. The summed E-state index contributed by atoms with van der Waals surface area (Å²) in [7, 11) is -7.35. The molecule has 0 aliphatic carbocycles. The molecule has 1 fully saturated rings. The van der Waals surface area contributed by atoms with E-state index in [-0.39, 0.29) is 16.3 Å². The van der Waals surface area contributed by atoms with Gasteiger partial charge in [0.2, 0.25) is 20.0 Å². The van der Waals surface area contributed by atoms with E-state index in [1.807, 2.05) is 35.0 Å². The lowest BCUT2D eigenvalue weighted by atomic mass is 10.1. The van der Waals surface area contributed by atoms with Crippen molar-refractivity contribution in [1.82, 2.24) is 18.6 Å². The number of nitrogens with zero attached hydrogens (tertiary/aromatic N) is 3. The zero-order chi connectivity index (χ0) is 21.9. The van der Waals surface area contributed by atoms with Crippen molar-refractivity contribution in [2.24, 2.45) is 0 Å². The minimum absolute atomic E-state index is 0.0300. The fraction of sp³-hybridized carbons (Fsp3) is 0.286. The molecule has 3 aromatic rings. The zero-order valence-corrected chi connectivity index (χ0v) is 18.5. The molecule has 2 aromatic carbocycles. The first kappa shape index (κ1) is 21.7. The molecule has 0 saturated carbocycles. The Morgan fingerprint density at radius 2 is 1.58 bits per heavy atom. The van der Waals surface area contributed by atoms with E-state index in [1.54, 1.807) is 12.5 Å². The second kappa shape index (κ2) is 8.91. The summed E-state index contributed by atoms with van der Waals surface area (Å²) in [4.78, 5) is 4.16. The fourth-order valence-electron chi connectivity index (χ4n) is 3.56. The van der Waals surface area contributed by atoms with Crippen LogP contribution in [0.15, 0.2) is 77.0 Å². The number of aromatic nitrogens is 2. The quantitative estimate of drug-likeness (QED) is 0.555. The number of benzene rings is 2. The zero-order valence-electron chi connectivity index (χ0n) is 16.9. The highest BCUT2D eigenvalue weighted by atomic mass is 32.2. The normalized spacial score (nSPS) is 15.4. The van der Waals surface area contributed by atoms with E-state index in [0.29, 0.717) is 19.6 Å². The molecule has 0 atom stereocenters. The topological polar surface area (TPSA) is 101 Å². The van der Waals surface area contributed by atoms with Crippen LogP contribution in [0.4, 0.5) is 0 Å². The summed E-state index contributed by atoms with van der Waals surface area (Å²) in [5.74, 6) is 0. The van der Waals surface area contributed by atoms with E-state index < -0.39 is 20.0 Å². The van der Waals surface area contributed by atoms with E-state index in [4.69, 9.17) is 0 Å². The van der Waals surface area contributed by atoms with Crippen LogP contribution in [0, 0.1) is 0 Å². The van der Waals surface area contributed by atoms with E-state index in [2.05, 4.69) is 9.71 Å². The maximum absolute atomic E-state index is 12.7. The highest BCUT2D eigenvalue weighted by Gasteiger charge is 2.27. The Hall–Kier alpha value is -2.53. The molecular weight excluding hydrogens is 436 g/mol. The van der Waals surface area contributed by atoms with Crippen molar-refractivity contribution in [3.8, 4) is 0 Å². The van der Waals surface area contributed by atoms with Crippen LogP contribution in [0.3, 0.4) is 0 Å². The predicted molar refractivity (Wildman–Crippen MR) is 116 cm³/mol. The van der Waals surface area contributed by atoms with Crippen LogP contribution < -0.4 is 4.72 Å². The summed E-state index contributed by atoms with van der Waals surface area (Å²) < 4.78 is 56.5. The van der Waals surface area contributed by atoms with Gasteiger partial charge in [0.05, 0.1) is 16.1 Å². The van der Waals surface area contributed by atoms with E-state index in [1.165, 1.54) is 28.6 Å². The third kappa shape index (κ3) is 5.04. The minimum Gasteiger partial charge on any atom is -0.333 e. The molecule has 1 N–H and O–H groups in total. The lowest BCUT2D eigenvalue weighted by Gasteiger charge is -2.15. The Balaban J connectivity index is 1.43. The molecule has 0 unspecified atom stereocenters. The van der Waals surface area contributed by atoms with Crippen LogP contribution in [0.25, 0.3) is 0 Å². The van der Waals surface area contributed by atoms with Gasteiger partial charge in [0.1, 0.15) is 0 Å².